The third-order valence-corrected chi connectivity index (χ3v) is 4.27. The van der Waals surface area contributed by atoms with Crippen molar-refractivity contribution in [1.29, 1.82) is 0 Å². The van der Waals surface area contributed by atoms with E-state index in [0.29, 0.717) is 17.3 Å². The van der Waals surface area contributed by atoms with Gasteiger partial charge in [0, 0.05) is 24.2 Å². The van der Waals surface area contributed by atoms with Gasteiger partial charge in [-0.25, -0.2) is 24.7 Å². The lowest BCUT2D eigenvalue weighted by Crippen LogP contribution is -2.13. The number of aromatic carboxylic acids is 1. The van der Waals surface area contributed by atoms with Crippen molar-refractivity contribution in [3.05, 3.63) is 72.6 Å². The second-order valence-corrected chi connectivity index (χ2v) is 6.32. The molecule has 0 aliphatic carbocycles. The zero-order chi connectivity index (χ0) is 20.4. The SMILES string of the molecule is Cc1nc(N(C)c2cccc(Oc3cnc(C(=O)O)nc3)c2)c2ccccc2n1. The van der Waals surface area contributed by atoms with Crippen molar-refractivity contribution in [1.82, 2.24) is 19.9 Å². The molecular weight excluding hydrogens is 370 g/mol. The van der Waals surface area contributed by atoms with Gasteiger partial charge < -0.3 is 14.7 Å². The number of fused-ring (bicyclic) bond motifs is 1. The smallest absolute Gasteiger partial charge is 0.373 e. The van der Waals surface area contributed by atoms with Gasteiger partial charge in [0.2, 0.25) is 5.82 Å². The van der Waals surface area contributed by atoms with E-state index in [1.54, 1.807) is 6.07 Å². The molecule has 29 heavy (non-hydrogen) atoms. The van der Waals surface area contributed by atoms with Crippen LogP contribution in [0.15, 0.2) is 60.9 Å². The van der Waals surface area contributed by atoms with Crippen molar-refractivity contribution in [2.45, 2.75) is 6.92 Å². The Morgan fingerprint density at radius 3 is 2.52 bits per heavy atom. The summed E-state index contributed by atoms with van der Waals surface area (Å²) in [7, 11) is 1.93. The maximum atomic E-state index is 10.9. The molecule has 8 nitrogen and oxygen atoms in total. The molecule has 0 aliphatic rings. The average molecular weight is 387 g/mol. The number of carbonyl (C=O) groups is 1. The number of aromatic nitrogens is 4. The summed E-state index contributed by atoms with van der Waals surface area (Å²) < 4.78 is 5.77. The van der Waals surface area contributed by atoms with Crippen LogP contribution < -0.4 is 9.64 Å². The molecule has 0 unspecified atom stereocenters. The van der Waals surface area contributed by atoms with Crippen LogP contribution in [0.4, 0.5) is 11.5 Å². The summed E-state index contributed by atoms with van der Waals surface area (Å²) in [5, 5.41) is 9.83. The fourth-order valence-corrected chi connectivity index (χ4v) is 2.92. The largest absolute Gasteiger partial charge is 0.475 e. The summed E-state index contributed by atoms with van der Waals surface area (Å²) in [6.45, 7) is 1.87. The number of ether oxygens (including phenoxy) is 1. The Kier molecular flexibility index (Phi) is 4.74. The molecule has 1 N–H and O–H groups in total. The third kappa shape index (κ3) is 3.81. The third-order valence-electron chi connectivity index (χ3n) is 4.27. The zero-order valence-electron chi connectivity index (χ0n) is 15.8. The van der Waals surface area contributed by atoms with Crippen LogP contribution >= 0.6 is 0 Å². The molecule has 0 atom stereocenters. The molecular formula is C21H17N5O3. The number of rotatable bonds is 5. The lowest BCUT2D eigenvalue weighted by atomic mass is 10.2. The van der Waals surface area contributed by atoms with Gasteiger partial charge in [0.25, 0.3) is 0 Å². The molecule has 0 amide bonds. The van der Waals surface area contributed by atoms with Gasteiger partial charge in [0.15, 0.2) is 5.75 Å². The second-order valence-electron chi connectivity index (χ2n) is 6.32. The number of benzene rings is 2. The Morgan fingerprint density at radius 2 is 1.76 bits per heavy atom. The predicted molar refractivity (Wildman–Crippen MR) is 108 cm³/mol. The molecule has 0 radical (unpaired) electrons. The van der Waals surface area contributed by atoms with E-state index >= 15 is 0 Å². The molecule has 4 aromatic rings. The average Bonchev–Trinajstić information content (AvgIpc) is 2.73. The van der Waals surface area contributed by atoms with Crippen LogP contribution in [0.5, 0.6) is 11.5 Å². The maximum absolute atomic E-state index is 10.9. The van der Waals surface area contributed by atoms with Crippen LogP contribution in [0, 0.1) is 6.92 Å². The number of para-hydroxylation sites is 1. The van der Waals surface area contributed by atoms with Crippen LogP contribution in [0.25, 0.3) is 10.9 Å². The minimum Gasteiger partial charge on any atom is -0.475 e. The van der Waals surface area contributed by atoms with Crippen molar-refractivity contribution in [3.8, 4) is 11.5 Å². The number of carboxylic acid groups (broad SMARTS) is 1. The van der Waals surface area contributed by atoms with Crippen molar-refractivity contribution < 1.29 is 14.6 Å². The molecule has 8 heteroatoms. The van der Waals surface area contributed by atoms with E-state index in [1.807, 2.05) is 61.3 Å². The van der Waals surface area contributed by atoms with Crippen molar-refractivity contribution in [2.24, 2.45) is 0 Å². The van der Waals surface area contributed by atoms with E-state index < -0.39 is 5.97 Å². The fourth-order valence-electron chi connectivity index (χ4n) is 2.92. The summed E-state index contributed by atoms with van der Waals surface area (Å²) in [5.74, 6) is 0.923. The minimum absolute atomic E-state index is 0.281. The van der Waals surface area contributed by atoms with Gasteiger partial charge in [-0.3, -0.25) is 0 Å². The van der Waals surface area contributed by atoms with Crippen LogP contribution in [0.2, 0.25) is 0 Å². The Labute approximate surface area is 166 Å². The topological polar surface area (TPSA) is 101 Å². The minimum atomic E-state index is -1.19. The monoisotopic (exact) mass is 387 g/mol. The highest BCUT2D eigenvalue weighted by molar-refractivity contribution is 5.91. The van der Waals surface area contributed by atoms with Crippen LogP contribution in [-0.4, -0.2) is 38.1 Å². The van der Waals surface area contributed by atoms with Gasteiger partial charge >= 0.3 is 5.97 Å². The Hall–Kier alpha value is -4.07. The molecule has 0 saturated carbocycles. The quantitative estimate of drug-likeness (QED) is 0.549. The molecule has 0 bridgehead atoms. The van der Waals surface area contributed by atoms with Crippen molar-refractivity contribution >= 4 is 28.4 Å². The van der Waals surface area contributed by atoms with Gasteiger partial charge in [0.05, 0.1) is 17.9 Å². The van der Waals surface area contributed by atoms with E-state index in [9.17, 15) is 4.79 Å². The fraction of sp³-hybridized carbons (Fsp3) is 0.0952. The van der Waals surface area contributed by atoms with Crippen LogP contribution in [0.3, 0.4) is 0 Å². The normalized spacial score (nSPS) is 10.7. The highest BCUT2D eigenvalue weighted by atomic mass is 16.5. The highest BCUT2D eigenvalue weighted by Crippen LogP contribution is 2.31. The summed E-state index contributed by atoms with van der Waals surface area (Å²) in [4.78, 5) is 29.5. The first kappa shape index (κ1) is 18.3. The van der Waals surface area contributed by atoms with Gasteiger partial charge in [-0.1, -0.05) is 18.2 Å². The zero-order valence-corrected chi connectivity index (χ0v) is 15.8. The predicted octanol–water partition coefficient (Wildman–Crippen LogP) is 3.99. The van der Waals surface area contributed by atoms with Crippen molar-refractivity contribution in [2.75, 3.05) is 11.9 Å². The first-order valence-corrected chi connectivity index (χ1v) is 8.81. The number of aryl methyl sites for hydroxylation is 1. The van der Waals surface area contributed by atoms with Gasteiger partial charge in [-0.15, -0.1) is 0 Å². The standard InChI is InChI=1S/C21H17N5O3/c1-13-24-18-9-4-3-8-17(18)20(25-13)26(2)14-6-5-7-15(10-14)29-16-11-22-19(21(27)28)23-12-16/h3-12H,1-2H3,(H,27,28). The van der Waals surface area contributed by atoms with Crippen molar-refractivity contribution in [3.63, 3.8) is 0 Å². The molecule has 2 aromatic heterocycles. The number of anilines is 2. The summed E-state index contributed by atoms with van der Waals surface area (Å²) in [5.41, 5.74) is 1.75. The Balaban J connectivity index is 1.64. The Morgan fingerprint density at radius 1 is 1.00 bits per heavy atom. The van der Waals surface area contributed by atoms with Crippen LogP contribution in [0.1, 0.15) is 16.4 Å². The van der Waals surface area contributed by atoms with E-state index in [1.165, 1.54) is 12.4 Å². The van der Waals surface area contributed by atoms with E-state index in [4.69, 9.17) is 9.84 Å². The first-order valence-electron chi connectivity index (χ1n) is 8.81. The van der Waals surface area contributed by atoms with Gasteiger partial charge in [0.1, 0.15) is 17.4 Å². The molecule has 0 fully saturated rings. The Bertz CT molecular complexity index is 1190. The number of hydrogen-bond donors (Lipinski definition) is 1. The number of carboxylic acids is 1. The first-order chi connectivity index (χ1) is 14.0. The van der Waals surface area contributed by atoms with E-state index in [-0.39, 0.29) is 5.82 Å². The summed E-state index contributed by atoms with van der Waals surface area (Å²) in [6.07, 6.45) is 2.66. The van der Waals surface area contributed by atoms with E-state index in [2.05, 4.69) is 19.9 Å². The van der Waals surface area contributed by atoms with E-state index in [0.717, 1.165) is 22.4 Å². The number of hydrogen-bond acceptors (Lipinski definition) is 7. The van der Waals surface area contributed by atoms with Gasteiger partial charge in [-0.2, -0.15) is 0 Å². The lowest BCUT2D eigenvalue weighted by molar-refractivity contribution is 0.0683. The molecule has 144 valence electrons. The van der Waals surface area contributed by atoms with Crippen LogP contribution in [-0.2, 0) is 0 Å². The number of nitrogens with zero attached hydrogens (tertiary/aromatic N) is 5. The second kappa shape index (κ2) is 7.51. The summed E-state index contributed by atoms with van der Waals surface area (Å²) in [6, 6.07) is 15.3. The molecule has 4 rings (SSSR count). The molecule has 0 spiro atoms. The maximum Gasteiger partial charge on any atom is 0.373 e. The lowest BCUT2D eigenvalue weighted by Gasteiger charge is -2.21. The molecule has 2 heterocycles. The summed E-state index contributed by atoms with van der Waals surface area (Å²) >= 11 is 0. The molecule has 0 saturated heterocycles. The highest BCUT2D eigenvalue weighted by Gasteiger charge is 2.13. The molecule has 0 aliphatic heterocycles. The van der Waals surface area contributed by atoms with Gasteiger partial charge in [-0.05, 0) is 31.2 Å². The molecule has 2 aromatic carbocycles.